The van der Waals surface area contributed by atoms with Gasteiger partial charge in [0.25, 0.3) is 0 Å². The van der Waals surface area contributed by atoms with Crippen molar-refractivity contribution in [3.05, 3.63) is 46.5 Å². The standard InChI is InChI=1S/C33H47N3O5S/c1-7-21-20-35-11-8-22-16-29(38-3)31(40-5)18-25(22)27(35)14-24(21)15-28-26-19-32(41-6)30(39-4)17-23(26)9-12-36(28)33(42)34-10-13-37-2/h16-19,21,24,27-28H,7-15,20H2,1-6H3,(H,34,42). The maximum atomic E-state index is 5.99. The topological polar surface area (TPSA) is 64.7 Å². The average molecular weight is 598 g/mol. The van der Waals surface area contributed by atoms with Crippen molar-refractivity contribution in [2.24, 2.45) is 11.8 Å². The molecule has 230 valence electrons. The first-order valence-corrected chi connectivity index (χ1v) is 15.6. The lowest BCUT2D eigenvalue weighted by Gasteiger charge is -2.49. The van der Waals surface area contributed by atoms with E-state index in [0.29, 0.717) is 31.0 Å². The molecule has 0 aromatic heterocycles. The molecule has 0 aliphatic carbocycles. The summed E-state index contributed by atoms with van der Waals surface area (Å²) < 4.78 is 28.1. The summed E-state index contributed by atoms with van der Waals surface area (Å²) in [5.74, 6) is 4.33. The van der Waals surface area contributed by atoms with Gasteiger partial charge in [0.1, 0.15) is 0 Å². The number of fused-ring (bicyclic) bond motifs is 4. The summed E-state index contributed by atoms with van der Waals surface area (Å²) in [5, 5.41) is 4.25. The lowest BCUT2D eigenvalue weighted by Crippen LogP contribution is -2.49. The summed E-state index contributed by atoms with van der Waals surface area (Å²) in [6, 6.07) is 9.28. The number of nitrogens with one attached hydrogen (secondary N) is 1. The fourth-order valence-corrected chi connectivity index (χ4v) is 7.75. The monoisotopic (exact) mass is 597 g/mol. The molecule has 0 saturated carbocycles. The van der Waals surface area contributed by atoms with Crippen molar-refractivity contribution in [3.63, 3.8) is 0 Å². The number of hydrogen-bond acceptors (Lipinski definition) is 7. The van der Waals surface area contributed by atoms with Crippen molar-refractivity contribution >= 4 is 17.3 Å². The van der Waals surface area contributed by atoms with Crippen molar-refractivity contribution in [2.45, 2.75) is 51.1 Å². The Hall–Kier alpha value is -2.75. The van der Waals surface area contributed by atoms with Crippen molar-refractivity contribution < 1.29 is 23.7 Å². The number of ether oxygens (including phenoxy) is 5. The van der Waals surface area contributed by atoms with E-state index in [1.807, 2.05) is 0 Å². The zero-order valence-electron chi connectivity index (χ0n) is 26.0. The van der Waals surface area contributed by atoms with E-state index in [1.165, 1.54) is 22.3 Å². The molecule has 8 nitrogen and oxygen atoms in total. The van der Waals surface area contributed by atoms with Crippen LogP contribution in [0.2, 0.25) is 0 Å². The molecule has 1 N–H and O–H groups in total. The lowest BCUT2D eigenvalue weighted by atomic mass is 9.72. The second-order valence-corrected chi connectivity index (χ2v) is 12.0. The number of benzene rings is 2. The average Bonchev–Trinajstić information content (AvgIpc) is 3.02. The molecule has 0 amide bonds. The fraction of sp³-hybridized carbons (Fsp3) is 0.606. The second-order valence-electron chi connectivity index (χ2n) is 11.7. The number of piperidine rings is 1. The minimum absolute atomic E-state index is 0.148. The Morgan fingerprint density at radius 1 is 0.833 bits per heavy atom. The van der Waals surface area contributed by atoms with Crippen molar-refractivity contribution in [1.82, 2.24) is 15.1 Å². The predicted octanol–water partition coefficient (Wildman–Crippen LogP) is 5.18. The van der Waals surface area contributed by atoms with E-state index < -0.39 is 0 Å². The Morgan fingerprint density at radius 3 is 2.05 bits per heavy atom. The van der Waals surface area contributed by atoms with Crippen LogP contribution in [-0.4, -0.2) is 83.2 Å². The third-order valence-corrected chi connectivity index (χ3v) is 10.1. The number of nitrogens with zero attached hydrogens (tertiary/aromatic N) is 2. The highest BCUT2D eigenvalue weighted by molar-refractivity contribution is 7.80. The van der Waals surface area contributed by atoms with Crippen LogP contribution < -0.4 is 24.3 Å². The zero-order valence-corrected chi connectivity index (χ0v) is 26.9. The molecule has 1 saturated heterocycles. The van der Waals surface area contributed by atoms with Crippen molar-refractivity contribution in [1.29, 1.82) is 0 Å². The second kappa shape index (κ2) is 13.7. The highest BCUT2D eigenvalue weighted by Gasteiger charge is 2.41. The maximum absolute atomic E-state index is 5.99. The van der Waals surface area contributed by atoms with Gasteiger partial charge in [0.15, 0.2) is 28.1 Å². The van der Waals surface area contributed by atoms with Gasteiger partial charge >= 0.3 is 0 Å². The van der Waals surface area contributed by atoms with E-state index in [2.05, 4.69) is 46.3 Å². The largest absolute Gasteiger partial charge is 0.493 e. The molecule has 4 unspecified atom stereocenters. The summed E-state index contributed by atoms with van der Waals surface area (Å²) in [4.78, 5) is 5.11. The molecule has 5 rings (SSSR count). The molecule has 2 aromatic carbocycles. The molecule has 0 radical (unpaired) electrons. The van der Waals surface area contributed by atoms with E-state index >= 15 is 0 Å². The van der Waals surface area contributed by atoms with Crippen molar-refractivity contribution in [2.75, 3.05) is 68.3 Å². The Morgan fingerprint density at radius 2 is 1.43 bits per heavy atom. The maximum Gasteiger partial charge on any atom is 0.169 e. The normalized spacial score (nSPS) is 23.3. The molecule has 1 fully saturated rings. The first kappa shape index (κ1) is 30.7. The summed E-state index contributed by atoms with van der Waals surface area (Å²) in [5.41, 5.74) is 5.39. The Bertz CT molecular complexity index is 1260. The van der Waals surface area contributed by atoms with E-state index in [4.69, 9.17) is 35.9 Å². The van der Waals surface area contributed by atoms with Gasteiger partial charge in [-0.15, -0.1) is 0 Å². The summed E-state index contributed by atoms with van der Waals surface area (Å²) >= 11 is 5.99. The molecular weight excluding hydrogens is 550 g/mol. The zero-order chi connectivity index (χ0) is 29.8. The van der Waals surface area contributed by atoms with Gasteiger partial charge in [0, 0.05) is 39.3 Å². The van der Waals surface area contributed by atoms with Crippen LogP contribution in [0.5, 0.6) is 23.0 Å². The summed E-state index contributed by atoms with van der Waals surface area (Å²) in [6.45, 7) is 6.72. The third kappa shape index (κ3) is 6.01. The van der Waals surface area contributed by atoms with Gasteiger partial charge in [-0.2, -0.15) is 0 Å². The molecule has 42 heavy (non-hydrogen) atoms. The van der Waals surface area contributed by atoms with E-state index in [1.54, 1.807) is 35.5 Å². The highest BCUT2D eigenvalue weighted by Crippen LogP contribution is 2.49. The van der Waals surface area contributed by atoms with Crippen LogP contribution in [0.3, 0.4) is 0 Å². The van der Waals surface area contributed by atoms with Crippen LogP contribution in [0.1, 0.15) is 60.5 Å². The molecule has 4 atom stereocenters. The molecule has 9 heteroatoms. The van der Waals surface area contributed by atoms with Gasteiger partial charge in [-0.1, -0.05) is 13.3 Å². The van der Waals surface area contributed by atoms with Crippen LogP contribution in [0.15, 0.2) is 24.3 Å². The SMILES string of the molecule is CCC1CN2CCc3cc(OC)c(OC)cc3C2CC1CC1c2cc(OC)c(OC)cc2CCN1C(=S)NCCOC. The first-order chi connectivity index (χ1) is 20.5. The van der Waals surface area contributed by atoms with E-state index in [0.717, 1.165) is 79.8 Å². The van der Waals surface area contributed by atoms with E-state index in [-0.39, 0.29) is 6.04 Å². The molecule has 2 aromatic rings. The molecular formula is C33H47N3O5S. The number of thiocarbonyl (C=S) groups is 1. The minimum Gasteiger partial charge on any atom is -0.493 e. The minimum atomic E-state index is 0.148. The number of hydrogen-bond donors (Lipinski definition) is 1. The fourth-order valence-electron chi connectivity index (χ4n) is 7.43. The summed E-state index contributed by atoms with van der Waals surface area (Å²) in [7, 11) is 8.58. The highest BCUT2D eigenvalue weighted by atomic mass is 32.1. The Kier molecular flexibility index (Phi) is 10.0. The molecule has 3 aliphatic heterocycles. The molecule has 0 bridgehead atoms. The quantitative estimate of drug-likeness (QED) is 0.295. The molecule has 3 heterocycles. The van der Waals surface area contributed by atoms with Gasteiger partial charge in [-0.05, 0) is 96.3 Å². The molecule has 3 aliphatic rings. The molecule has 0 spiro atoms. The third-order valence-electron chi connectivity index (χ3n) is 9.67. The first-order valence-electron chi connectivity index (χ1n) is 15.2. The lowest BCUT2D eigenvalue weighted by molar-refractivity contribution is 0.0376. The van der Waals surface area contributed by atoms with Gasteiger partial charge in [-0.25, -0.2) is 0 Å². The van der Waals surface area contributed by atoms with Gasteiger partial charge in [0.05, 0.1) is 41.1 Å². The van der Waals surface area contributed by atoms with Crippen LogP contribution in [0, 0.1) is 11.8 Å². The smallest absolute Gasteiger partial charge is 0.169 e. The van der Waals surface area contributed by atoms with Crippen LogP contribution in [0.25, 0.3) is 0 Å². The van der Waals surface area contributed by atoms with Gasteiger partial charge < -0.3 is 33.9 Å². The van der Waals surface area contributed by atoms with Crippen LogP contribution in [0.4, 0.5) is 0 Å². The predicted molar refractivity (Wildman–Crippen MR) is 169 cm³/mol. The number of rotatable bonds is 10. The van der Waals surface area contributed by atoms with Crippen molar-refractivity contribution in [3.8, 4) is 23.0 Å². The van der Waals surface area contributed by atoms with Gasteiger partial charge in [0.2, 0.25) is 0 Å². The van der Waals surface area contributed by atoms with Gasteiger partial charge in [-0.3, -0.25) is 4.90 Å². The Balaban J connectivity index is 1.49. The van der Waals surface area contributed by atoms with E-state index in [9.17, 15) is 0 Å². The summed E-state index contributed by atoms with van der Waals surface area (Å²) in [6.07, 6.45) is 5.25. The van der Waals surface area contributed by atoms with Crippen LogP contribution >= 0.6 is 12.2 Å². The number of methoxy groups -OCH3 is 5. The Labute approximate surface area is 256 Å². The van der Waals surface area contributed by atoms with Crippen LogP contribution in [-0.2, 0) is 17.6 Å².